The minimum atomic E-state index is 0.685. The molecule has 0 unspecified atom stereocenters. The van der Waals surface area contributed by atoms with Crippen molar-refractivity contribution in [3.8, 4) is 28.7 Å². The molecular formula is C18H15N6+. The minimum Gasteiger partial charge on any atom is -0.272 e. The molecule has 0 bridgehead atoms. The third-order valence-electron chi connectivity index (χ3n) is 3.67. The highest BCUT2D eigenvalue weighted by molar-refractivity contribution is 5.62. The Morgan fingerprint density at radius 3 is 1.75 bits per heavy atom. The van der Waals surface area contributed by atoms with Crippen molar-refractivity contribution < 1.29 is 4.57 Å². The molecule has 6 heteroatoms. The highest BCUT2D eigenvalue weighted by Gasteiger charge is 2.18. The summed E-state index contributed by atoms with van der Waals surface area (Å²) in [5.41, 5.74) is 2.49. The molecule has 0 amide bonds. The maximum Gasteiger partial charge on any atom is 0.187 e. The fourth-order valence-corrected chi connectivity index (χ4v) is 2.49. The number of hydrogen-bond acceptors (Lipinski definition) is 4. The number of nitrogens with zero attached hydrogens (tertiary/aromatic N) is 6. The second-order valence-corrected chi connectivity index (χ2v) is 5.33. The maximum absolute atomic E-state index is 4.41. The van der Waals surface area contributed by atoms with E-state index in [1.807, 2.05) is 77.1 Å². The summed E-state index contributed by atoms with van der Waals surface area (Å²) in [7, 11) is 1.98. The molecule has 0 aromatic carbocycles. The first-order valence-electron chi connectivity index (χ1n) is 7.57. The lowest BCUT2D eigenvalue weighted by Crippen LogP contribution is -2.26. The van der Waals surface area contributed by atoms with Crippen molar-refractivity contribution in [2.75, 3.05) is 0 Å². The molecule has 0 aliphatic rings. The highest BCUT2D eigenvalue weighted by Crippen LogP contribution is 2.25. The third-order valence-corrected chi connectivity index (χ3v) is 3.67. The van der Waals surface area contributed by atoms with E-state index in [2.05, 4.69) is 20.2 Å². The molecule has 0 spiro atoms. The summed E-state index contributed by atoms with van der Waals surface area (Å²) >= 11 is 0. The van der Waals surface area contributed by atoms with E-state index in [4.69, 9.17) is 0 Å². The molecule has 0 atom stereocenters. The van der Waals surface area contributed by atoms with Gasteiger partial charge in [0.2, 0.25) is 0 Å². The van der Waals surface area contributed by atoms with Gasteiger partial charge in [-0.2, -0.15) is 0 Å². The molecule has 0 N–H and O–H groups in total. The van der Waals surface area contributed by atoms with Gasteiger partial charge in [0.1, 0.15) is 18.4 Å². The number of rotatable bonds is 3. The predicted molar refractivity (Wildman–Crippen MR) is 89.0 cm³/mol. The first-order valence-corrected chi connectivity index (χ1v) is 7.57. The predicted octanol–water partition coefficient (Wildman–Crippen LogP) is 2.22. The Labute approximate surface area is 139 Å². The van der Waals surface area contributed by atoms with Crippen molar-refractivity contribution in [1.82, 2.24) is 24.7 Å². The third kappa shape index (κ3) is 2.54. The standard InChI is InChI=1S/C18H15N6/c1-23-12-8-14(9-13-23)24-17(15-6-2-4-10-19-15)21-22-18(24)16-7-3-5-11-20-16/h2-13H,1H3/q+1. The lowest BCUT2D eigenvalue weighted by molar-refractivity contribution is -0.671. The van der Waals surface area contributed by atoms with Crippen LogP contribution in [0.5, 0.6) is 0 Å². The van der Waals surface area contributed by atoms with Crippen molar-refractivity contribution in [1.29, 1.82) is 0 Å². The summed E-state index contributed by atoms with van der Waals surface area (Å²) in [6, 6.07) is 15.5. The van der Waals surface area contributed by atoms with Gasteiger partial charge in [-0.3, -0.25) is 14.5 Å². The molecule has 0 fully saturated rings. The summed E-state index contributed by atoms with van der Waals surface area (Å²) in [6.07, 6.45) is 7.47. The van der Waals surface area contributed by atoms with E-state index in [1.54, 1.807) is 12.4 Å². The maximum atomic E-state index is 4.41. The van der Waals surface area contributed by atoms with Gasteiger partial charge in [-0.25, -0.2) is 4.57 Å². The fourth-order valence-electron chi connectivity index (χ4n) is 2.49. The Bertz CT molecular complexity index is 889. The average Bonchev–Trinajstić information content (AvgIpc) is 3.09. The van der Waals surface area contributed by atoms with Crippen LogP contribution in [0.15, 0.2) is 73.3 Å². The van der Waals surface area contributed by atoms with Gasteiger partial charge in [-0.15, -0.1) is 10.2 Å². The fraction of sp³-hybridized carbons (Fsp3) is 0.0556. The monoisotopic (exact) mass is 315 g/mol. The molecule has 0 aliphatic carbocycles. The van der Waals surface area contributed by atoms with E-state index in [0.29, 0.717) is 11.6 Å². The Balaban J connectivity index is 1.96. The van der Waals surface area contributed by atoms with Crippen molar-refractivity contribution >= 4 is 0 Å². The molecule has 4 aromatic heterocycles. The zero-order valence-electron chi connectivity index (χ0n) is 13.1. The molecule has 6 nitrogen and oxygen atoms in total. The molecule has 4 aromatic rings. The minimum absolute atomic E-state index is 0.685. The lowest BCUT2D eigenvalue weighted by Gasteiger charge is -2.09. The van der Waals surface area contributed by atoms with Crippen LogP contribution < -0.4 is 4.57 Å². The van der Waals surface area contributed by atoms with Crippen LogP contribution in [0.2, 0.25) is 0 Å². The van der Waals surface area contributed by atoms with Crippen molar-refractivity contribution in [2.45, 2.75) is 0 Å². The Morgan fingerprint density at radius 2 is 1.29 bits per heavy atom. The SMILES string of the molecule is C[n+]1ccc(-n2c(-c3ccccn3)nnc2-c2ccccn2)cc1. The van der Waals surface area contributed by atoms with Gasteiger partial charge in [-0.05, 0) is 24.3 Å². The highest BCUT2D eigenvalue weighted by atomic mass is 15.3. The van der Waals surface area contributed by atoms with Crippen molar-refractivity contribution in [3.05, 3.63) is 73.3 Å². The normalized spacial score (nSPS) is 10.7. The van der Waals surface area contributed by atoms with Gasteiger partial charge in [0.25, 0.3) is 0 Å². The van der Waals surface area contributed by atoms with Crippen LogP contribution >= 0.6 is 0 Å². The Hall–Kier alpha value is -3.41. The zero-order chi connectivity index (χ0) is 16.4. The number of aryl methyl sites for hydroxylation is 1. The molecule has 0 saturated heterocycles. The Kier molecular flexibility index (Phi) is 3.55. The summed E-state index contributed by atoms with van der Waals surface area (Å²) < 4.78 is 3.96. The van der Waals surface area contributed by atoms with Crippen LogP contribution in [0.4, 0.5) is 0 Å². The van der Waals surface area contributed by atoms with Crippen LogP contribution in [0.1, 0.15) is 0 Å². The first-order chi connectivity index (χ1) is 11.8. The molecule has 0 radical (unpaired) electrons. The second-order valence-electron chi connectivity index (χ2n) is 5.33. The smallest absolute Gasteiger partial charge is 0.187 e. The lowest BCUT2D eigenvalue weighted by atomic mass is 10.3. The van der Waals surface area contributed by atoms with Crippen molar-refractivity contribution in [2.24, 2.45) is 7.05 Å². The van der Waals surface area contributed by atoms with E-state index < -0.39 is 0 Å². The average molecular weight is 315 g/mol. The van der Waals surface area contributed by atoms with E-state index in [0.717, 1.165) is 17.1 Å². The summed E-state index contributed by atoms with van der Waals surface area (Å²) in [5.74, 6) is 1.37. The van der Waals surface area contributed by atoms with Gasteiger partial charge < -0.3 is 0 Å². The van der Waals surface area contributed by atoms with E-state index in [1.165, 1.54) is 0 Å². The van der Waals surface area contributed by atoms with E-state index in [-0.39, 0.29) is 0 Å². The van der Waals surface area contributed by atoms with Crippen LogP contribution in [0, 0.1) is 0 Å². The largest absolute Gasteiger partial charge is 0.272 e. The molecule has 0 aliphatic heterocycles. The second kappa shape index (κ2) is 6.00. The summed E-state index contributed by atoms with van der Waals surface area (Å²) in [4.78, 5) is 8.82. The van der Waals surface area contributed by atoms with Gasteiger partial charge in [0, 0.05) is 24.5 Å². The first kappa shape index (κ1) is 14.2. The molecule has 24 heavy (non-hydrogen) atoms. The van der Waals surface area contributed by atoms with E-state index >= 15 is 0 Å². The van der Waals surface area contributed by atoms with Gasteiger partial charge >= 0.3 is 0 Å². The van der Waals surface area contributed by atoms with Crippen LogP contribution in [0.3, 0.4) is 0 Å². The molecule has 116 valence electrons. The molecule has 4 heterocycles. The van der Waals surface area contributed by atoms with Gasteiger partial charge in [0.15, 0.2) is 24.0 Å². The quantitative estimate of drug-likeness (QED) is 0.544. The summed E-state index contributed by atoms with van der Waals surface area (Å²) in [5, 5.41) is 8.73. The van der Waals surface area contributed by atoms with Crippen molar-refractivity contribution in [3.63, 3.8) is 0 Å². The van der Waals surface area contributed by atoms with Gasteiger partial charge in [-0.1, -0.05) is 12.1 Å². The molecule has 0 saturated carbocycles. The zero-order valence-corrected chi connectivity index (χ0v) is 13.1. The topological polar surface area (TPSA) is 60.4 Å². The van der Waals surface area contributed by atoms with Gasteiger partial charge in [0.05, 0.1) is 5.69 Å². The number of aromatic nitrogens is 6. The Morgan fingerprint density at radius 1 is 0.750 bits per heavy atom. The van der Waals surface area contributed by atoms with Crippen LogP contribution in [-0.4, -0.2) is 24.7 Å². The number of pyridine rings is 3. The van der Waals surface area contributed by atoms with Crippen LogP contribution in [0.25, 0.3) is 28.7 Å². The van der Waals surface area contributed by atoms with E-state index in [9.17, 15) is 0 Å². The van der Waals surface area contributed by atoms with Crippen LogP contribution in [-0.2, 0) is 7.05 Å². The summed E-state index contributed by atoms with van der Waals surface area (Å²) in [6.45, 7) is 0. The molecule has 4 rings (SSSR count). The molecular weight excluding hydrogens is 300 g/mol. The number of hydrogen-bond donors (Lipinski definition) is 0.